The molecule has 1 unspecified atom stereocenters. The van der Waals surface area contributed by atoms with Crippen LogP contribution in [-0.4, -0.2) is 0 Å². The zero-order valence-electron chi connectivity index (χ0n) is 12.9. The summed E-state index contributed by atoms with van der Waals surface area (Å²) < 4.78 is 13.2. The van der Waals surface area contributed by atoms with Crippen molar-refractivity contribution in [2.45, 2.75) is 72.6 Å². The molecule has 2 rings (SSSR count). The zero-order valence-corrected chi connectivity index (χ0v) is 12.9. The van der Waals surface area contributed by atoms with Crippen molar-refractivity contribution in [3.8, 4) is 0 Å². The first-order chi connectivity index (χ1) is 8.65. The maximum atomic E-state index is 13.2. The van der Waals surface area contributed by atoms with E-state index >= 15 is 0 Å². The molecule has 1 aliphatic rings. The first-order valence-electron chi connectivity index (χ1n) is 7.44. The second kappa shape index (κ2) is 8.29. The van der Waals surface area contributed by atoms with E-state index in [4.69, 9.17) is 0 Å². The largest absolute Gasteiger partial charge is 0.207 e. The fourth-order valence-corrected chi connectivity index (χ4v) is 2.50. The van der Waals surface area contributed by atoms with Crippen LogP contribution in [0.2, 0.25) is 0 Å². The van der Waals surface area contributed by atoms with Gasteiger partial charge >= 0.3 is 0 Å². The maximum Gasteiger partial charge on any atom is 0.123 e. The molecule has 1 aromatic rings. The normalized spacial score (nSPS) is 20.8. The van der Waals surface area contributed by atoms with Crippen molar-refractivity contribution in [1.82, 2.24) is 0 Å². The van der Waals surface area contributed by atoms with Crippen LogP contribution in [0.25, 0.3) is 0 Å². The minimum absolute atomic E-state index is 0.0923. The highest BCUT2D eigenvalue weighted by molar-refractivity contribution is 5.36. The molecule has 0 amide bonds. The molecule has 0 radical (unpaired) electrons. The van der Waals surface area contributed by atoms with Crippen molar-refractivity contribution in [3.63, 3.8) is 0 Å². The minimum atomic E-state index is -0.0923. The molecule has 0 aromatic heterocycles. The van der Waals surface area contributed by atoms with Crippen LogP contribution in [0.1, 0.15) is 71.9 Å². The predicted octanol–water partition coefficient (Wildman–Crippen LogP) is 5.88. The quantitative estimate of drug-likeness (QED) is 0.585. The molecule has 104 valence electrons. The Hall–Kier alpha value is -0.850. The molecule has 1 heteroatoms. The fourth-order valence-electron chi connectivity index (χ4n) is 2.50. The number of benzene rings is 1. The van der Waals surface area contributed by atoms with Crippen LogP contribution in [0, 0.1) is 5.82 Å². The molecule has 0 bridgehead atoms. The first-order valence-corrected chi connectivity index (χ1v) is 7.44. The molecule has 0 fully saturated rings. The molecule has 0 saturated heterocycles. The number of hydrogen-bond acceptors (Lipinski definition) is 0. The first kappa shape index (κ1) is 17.2. The van der Waals surface area contributed by atoms with E-state index in [1.54, 1.807) is 12.1 Å². The van der Waals surface area contributed by atoms with Gasteiger partial charge in [0.2, 0.25) is 0 Å². The lowest BCUT2D eigenvalue weighted by Crippen LogP contribution is -2.26. The van der Waals surface area contributed by atoms with Crippen molar-refractivity contribution in [2.24, 2.45) is 0 Å². The molecule has 0 N–H and O–H groups in total. The third-order valence-corrected chi connectivity index (χ3v) is 3.68. The minimum Gasteiger partial charge on any atom is -0.207 e. The number of hydrogen-bond donors (Lipinski definition) is 0. The molecule has 1 atom stereocenters. The van der Waals surface area contributed by atoms with Crippen molar-refractivity contribution in [2.75, 3.05) is 0 Å². The van der Waals surface area contributed by atoms with Gasteiger partial charge in [-0.2, -0.15) is 0 Å². The molecular formula is C17H29F. The molecule has 1 aromatic carbocycles. The summed E-state index contributed by atoms with van der Waals surface area (Å²) in [5.74, 6) is -0.0923. The monoisotopic (exact) mass is 252 g/mol. The molecule has 0 nitrogen and oxygen atoms in total. The van der Waals surface area contributed by atoms with Crippen molar-refractivity contribution in [1.29, 1.82) is 0 Å². The Balaban J connectivity index is 0.000000659. The van der Waals surface area contributed by atoms with Gasteiger partial charge in [-0.15, -0.1) is 0 Å². The van der Waals surface area contributed by atoms with Crippen LogP contribution in [0.15, 0.2) is 18.2 Å². The van der Waals surface area contributed by atoms with E-state index < -0.39 is 0 Å². The fraction of sp³-hybridized carbons (Fsp3) is 0.647. The second-order valence-corrected chi connectivity index (χ2v) is 4.57. The van der Waals surface area contributed by atoms with Crippen LogP contribution in [0.3, 0.4) is 0 Å². The van der Waals surface area contributed by atoms with E-state index in [1.165, 1.54) is 24.0 Å². The third-order valence-electron chi connectivity index (χ3n) is 3.68. The second-order valence-electron chi connectivity index (χ2n) is 4.57. The van der Waals surface area contributed by atoms with Gasteiger partial charge < -0.3 is 0 Å². The Morgan fingerprint density at radius 1 is 1.17 bits per heavy atom. The lowest BCUT2D eigenvalue weighted by Gasteiger charge is -2.35. The maximum absolute atomic E-state index is 13.2. The van der Waals surface area contributed by atoms with Gasteiger partial charge in [-0.25, -0.2) is 4.39 Å². The van der Waals surface area contributed by atoms with Crippen molar-refractivity contribution in [3.05, 3.63) is 35.1 Å². The van der Waals surface area contributed by atoms with E-state index in [0.29, 0.717) is 0 Å². The highest BCUT2D eigenvalue weighted by Crippen LogP contribution is 2.39. The topological polar surface area (TPSA) is 0 Å². The van der Waals surface area contributed by atoms with Crippen LogP contribution < -0.4 is 0 Å². The summed E-state index contributed by atoms with van der Waals surface area (Å²) in [6.07, 6.45) is 4.65. The third kappa shape index (κ3) is 3.83. The highest BCUT2D eigenvalue weighted by Gasteiger charge is 2.30. The van der Waals surface area contributed by atoms with Crippen LogP contribution in [-0.2, 0) is 11.8 Å². The number of rotatable bonds is 1. The summed E-state index contributed by atoms with van der Waals surface area (Å²) in [5.41, 5.74) is 2.80. The van der Waals surface area contributed by atoms with Gasteiger partial charge in [0.15, 0.2) is 0 Å². The number of aryl methyl sites for hydroxylation is 1. The summed E-state index contributed by atoms with van der Waals surface area (Å²) in [5, 5.41) is 0. The highest BCUT2D eigenvalue weighted by atomic mass is 19.1. The van der Waals surface area contributed by atoms with E-state index in [0.717, 1.165) is 12.8 Å². The molecule has 0 aliphatic heterocycles. The van der Waals surface area contributed by atoms with Crippen LogP contribution in [0.4, 0.5) is 4.39 Å². The Morgan fingerprint density at radius 2 is 1.78 bits per heavy atom. The Bertz CT molecular complexity index is 343. The molecule has 0 spiro atoms. The van der Waals surface area contributed by atoms with Gasteiger partial charge in [0, 0.05) is 0 Å². The van der Waals surface area contributed by atoms with Gasteiger partial charge in [0.25, 0.3) is 0 Å². The average Bonchev–Trinajstić information content (AvgIpc) is 2.44. The van der Waals surface area contributed by atoms with Gasteiger partial charge in [-0.05, 0) is 54.4 Å². The zero-order chi connectivity index (χ0) is 14.2. The standard InChI is InChI=1S/C13H17F.2C2H6/c1-3-13(2)8-4-5-10-6-7-11(14)9-12(10)13;2*1-2/h6-7,9H,3-5,8H2,1-2H3;2*1-2H3. The van der Waals surface area contributed by atoms with Crippen LogP contribution >= 0.6 is 0 Å². The van der Waals surface area contributed by atoms with Gasteiger partial charge in [0.05, 0.1) is 0 Å². The van der Waals surface area contributed by atoms with Gasteiger partial charge in [0.1, 0.15) is 5.82 Å². The summed E-state index contributed by atoms with van der Waals surface area (Å²) in [7, 11) is 0. The molecular weight excluding hydrogens is 223 g/mol. The Kier molecular flexibility index (Phi) is 7.90. The smallest absolute Gasteiger partial charge is 0.123 e. The lowest BCUT2D eigenvalue weighted by atomic mass is 9.70. The SMILES string of the molecule is CC.CC.CCC1(C)CCCc2ccc(F)cc21. The predicted molar refractivity (Wildman–Crippen MR) is 79.7 cm³/mol. The summed E-state index contributed by atoms with van der Waals surface area (Å²) in [6.45, 7) is 12.4. The van der Waals surface area contributed by atoms with Crippen molar-refractivity contribution >= 4 is 0 Å². The molecule has 18 heavy (non-hydrogen) atoms. The van der Waals surface area contributed by atoms with E-state index in [-0.39, 0.29) is 11.2 Å². The van der Waals surface area contributed by atoms with Gasteiger partial charge in [-0.3, -0.25) is 0 Å². The van der Waals surface area contributed by atoms with E-state index in [1.807, 2.05) is 33.8 Å². The van der Waals surface area contributed by atoms with E-state index in [9.17, 15) is 4.39 Å². The summed E-state index contributed by atoms with van der Waals surface area (Å²) in [6, 6.07) is 5.27. The molecule has 1 aliphatic carbocycles. The molecule has 0 saturated carbocycles. The average molecular weight is 252 g/mol. The van der Waals surface area contributed by atoms with Gasteiger partial charge in [-0.1, -0.05) is 47.6 Å². The summed E-state index contributed by atoms with van der Waals surface area (Å²) >= 11 is 0. The molecule has 0 heterocycles. The number of halogens is 1. The lowest BCUT2D eigenvalue weighted by molar-refractivity contribution is 0.379. The number of fused-ring (bicyclic) bond motifs is 1. The Labute approximate surface area is 113 Å². The van der Waals surface area contributed by atoms with Crippen LogP contribution in [0.5, 0.6) is 0 Å². The van der Waals surface area contributed by atoms with Crippen molar-refractivity contribution < 1.29 is 4.39 Å². The summed E-state index contributed by atoms with van der Waals surface area (Å²) in [4.78, 5) is 0. The van der Waals surface area contributed by atoms with E-state index in [2.05, 4.69) is 13.8 Å². The Morgan fingerprint density at radius 3 is 2.33 bits per heavy atom.